The van der Waals surface area contributed by atoms with Crippen LogP contribution in [0.2, 0.25) is 0 Å². The molecule has 10 heteroatoms. The van der Waals surface area contributed by atoms with E-state index in [2.05, 4.69) is 20.3 Å². The van der Waals surface area contributed by atoms with Crippen molar-refractivity contribution in [2.45, 2.75) is 18.6 Å². The Balaban J connectivity index is 1.78. The number of alkyl halides is 3. The van der Waals surface area contributed by atoms with E-state index in [1.807, 2.05) is 0 Å². The number of carbonyl (C=O) groups excluding carboxylic acids is 1. The highest BCUT2D eigenvalue weighted by Gasteiger charge is 2.32. The third kappa shape index (κ3) is 4.63. The lowest BCUT2D eigenvalue weighted by molar-refractivity contribution is -0.141. The maximum absolute atomic E-state index is 13.0. The van der Waals surface area contributed by atoms with Crippen molar-refractivity contribution < 1.29 is 18.0 Å². The molecule has 0 aromatic carbocycles. The van der Waals surface area contributed by atoms with Crippen LogP contribution in [0.15, 0.2) is 48.9 Å². The van der Waals surface area contributed by atoms with Crippen molar-refractivity contribution in [1.29, 1.82) is 0 Å². The van der Waals surface area contributed by atoms with Crippen LogP contribution in [0, 0.1) is 0 Å². The first-order valence-electron chi connectivity index (χ1n) is 9.46. The van der Waals surface area contributed by atoms with E-state index in [1.165, 1.54) is 12.1 Å². The molecule has 1 aliphatic rings. The molecule has 0 radical (unpaired) electrons. The molecule has 1 unspecified atom stereocenters. The Labute approximate surface area is 180 Å². The minimum absolute atomic E-state index is 0.0445. The monoisotopic (exact) mass is 445 g/mol. The lowest BCUT2D eigenvalue weighted by Crippen LogP contribution is -2.35. The highest BCUT2D eigenvalue weighted by molar-refractivity contribution is 7.99. The zero-order chi connectivity index (χ0) is 22.0. The molecule has 3 N–H and O–H groups in total. The van der Waals surface area contributed by atoms with E-state index < -0.39 is 11.9 Å². The molecule has 4 heterocycles. The number of halogens is 3. The molecule has 3 aromatic heterocycles. The average Bonchev–Trinajstić information content (AvgIpc) is 3.27. The summed E-state index contributed by atoms with van der Waals surface area (Å²) in [4.78, 5) is 25.0. The SMILES string of the molecule is Nc1c(C(=O)NC2CCSC2)cc(-c2ccc(C(F)(F)F)nc2)nc1-c1cccnc1. The maximum atomic E-state index is 13.0. The fraction of sp³-hybridized carbons (Fsp3) is 0.238. The summed E-state index contributed by atoms with van der Waals surface area (Å²) in [5.74, 6) is 1.45. The third-order valence-electron chi connectivity index (χ3n) is 4.85. The second-order valence-electron chi connectivity index (χ2n) is 7.02. The lowest BCUT2D eigenvalue weighted by atomic mass is 10.0. The first kappa shape index (κ1) is 21.1. The van der Waals surface area contributed by atoms with Crippen molar-refractivity contribution in [3.8, 4) is 22.5 Å². The number of aromatic nitrogens is 3. The molecule has 1 saturated heterocycles. The number of thioether (sulfide) groups is 1. The highest BCUT2D eigenvalue weighted by atomic mass is 32.2. The quantitative estimate of drug-likeness (QED) is 0.630. The van der Waals surface area contributed by atoms with Crippen LogP contribution < -0.4 is 11.1 Å². The average molecular weight is 445 g/mol. The predicted molar refractivity (Wildman–Crippen MR) is 113 cm³/mol. The van der Waals surface area contributed by atoms with Crippen molar-refractivity contribution in [2.75, 3.05) is 17.2 Å². The van der Waals surface area contributed by atoms with E-state index in [4.69, 9.17) is 5.73 Å². The number of amides is 1. The summed E-state index contributed by atoms with van der Waals surface area (Å²) >= 11 is 1.76. The number of carbonyl (C=O) groups is 1. The smallest absolute Gasteiger partial charge is 0.396 e. The van der Waals surface area contributed by atoms with Crippen LogP contribution in [0.1, 0.15) is 22.5 Å². The number of nitrogens with one attached hydrogen (secondary N) is 1. The van der Waals surface area contributed by atoms with Gasteiger partial charge in [-0.3, -0.25) is 14.8 Å². The molecule has 1 fully saturated rings. The molecule has 1 atom stereocenters. The Hall–Kier alpha value is -3.14. The van der Waals surface area contributed by atoms with E-state index >= 15 is 0 Å². The van der Waals surface area contributed by atoms with Gasteiger partial charge in [0, 0.05) is 41.5 Å². The van der Waals surface area contributed by atoms with Crippen molar-refractivity contribution in [3.05, 3.63) is 60.2 Å². The zero-order valence-electron chi connectivity index (χ0n) is 16.2. The second-order valence-corrected chi connectivity index (χ2v) is 8.17. The van der Waals surface area contributed by atoms with Gasteiger partial charge in [0.2, 0.25) is 0 Å². The van der Waals surface area contributed by atoms with Gasteiger partial charge in [0.15, 0.2) is 0 Å². The number of hydrogen-bond donors (Lipinski definition) is 2. The van der Waals surface area contributed by atoms with Crippen molar-refractivity contribution in [2.24, 2.45) is 0 Å². The Bertz CT molecular complexity index is 1080. The maximum Gasteiger partial charge on any atom is 0.433 e. The number of anilines is 1. The molecular formula is C21H18F3N5OS. The lowest BCUT2D eigenvalue weighted by Gasteiger charge is -2.16. The Morgan fingerprint density at radius 2 is 2.03 bits per heavy atom. The molecule has 3 aromatic rings. The fourth-order valence-electron chi connectivity index (χ4n) is 3.24. The second kappa shape index (κ2) is 8.54. The summed E-state index contributed by atoms with van der Waals surface area (Å²) in [5.41, 5.74) is 7.23. The summed E-state index contributed by atoms with van der Waals surface area (Å²) in [6.07, 6.45) is 0.561. The predicted octanol–water partition coefficient (Wildman–Crippen LogP) is 4.04. The molecular weight excluding hydrogens is 427 g/mol. The Kier molecular flexibility index (Phi) is 5.81. The minimum Gasteiger partial charge on any atom is -0.396 e. The molecule has 0 bridgehead atoms. The van der Waals surface area contributed by atoms with Gasteiger partial charge in [-0.05, 0) is 42.5 Å². The first-order valence-corrected chi connectivity index (χ1v) is 10.6. The highest BCUT2D eigenvalue weighted by Crippen LogP contribution is 2.33. The van der Waals surface area contributed by atoms with Crippen LogP contribution in [-0.4, -0.2) is 38.4 Å². The molecule has 1 amide bonds. The zero-order valence-corrected chi connectivity index (χ0v) is 17.0. The van der Waals surface area contributed by atoms with Crippen molar-refractivity contribution in [1.82, 2.24) is 20.3 Å². The van der Waals surface area contributed by atoms with Crippen molar-refractivity contribution >= 4 is 23.4 Å². The molecule has 31 heavy (non-hydrogen) atoms. The number of nitrogen functional groups attached to an aromatic ring is 1. The van der Waals surface area contributed by atoms with Gasteiger partial charge >= 0.3 is 6.18 Å². The van der Waals surface area contributed by atoms with Gasteiger partial charge in [-0.1, -0.05) is 0 Å². The largest absolute Gasteiger partial charge is 0.433 e. The van der Waals surface area contributed by atoms with Gasteiger partial charge in [0.05, 0.1) is 22.6 Å². The summed E-state index contributed by atoms with van der Waals surface area (Å²) in [6.45, 7) is 0. The van der Waals surface area contributed by atoms with E-state index in [0.29, 0.717) is 22.5 Å². The number of nitrogens with two attached hydrogens (primary N) is 1. The molecule has 160 valence electrons. The van der Waals surface area contributed by atoms with Gasteiger partial charge in [-0.25, -0.2) is 4.98 Å². The summed E-state index contributed by atoms with van der Waals surface area (Å²) < 4.78 is 38.6. The van der Waals surface area contributed by atoms with Gasteiger partial charge in [-0.15, -0.1) is 0 Å². The normalized spacial score (nSPS) is 16.3. The van der Waals surface area contributed by atoms with E-state index in [0.717, 1.165) is 30.2 Å². The number of rotatable bonds is 4. The number of pyridine rings is 3. The van der Waals surface area contributed by atoms with Gasteiger partial charge < -0.3 is 11.1 Å². The molecule has 0 aliphatic carbocycles. The van der Waals surface area contributed by atoms with E-state index in [1.54, 1.807) is 36.3 Å². The minimum atomic E-state index is -4.54. The molecule has 6 nitrogen and oxygen atoms in total. The first-order chi connectivity index (χ1) is 14.8. The Morgan fingerprint density at radius 3 is 2.65 bits per heavy atom. The van der Waals surface area contributed by atoms with Crippen LogP contribution in [0.4, 0.5) is 18.9 Å². The van der Waals surface area contributed by atoms with Crippen LogP contribution >= 0.6 is 11.8 Å². The molecule has 1 aliphatic heterocycles. The summed E-state index contributed by atoms with van der Waals surface area (Å²) in [5, 5.41) is 2.97. The standard InChI is InChI=1S/C21H18F3N5OS/c22-21(23,24)17-4-3-12(10-27-17)16-8-15(20(30)28-14-5-7-31-11-14)18(25)19(29-16)13-2-1-6-26-9-13/h1-4,6,8-10,14H,5,7,11,25H2,(H,28,30). The number of hydrogen-bond acceptors (Lipinski definition) is 6. The van der Waals surface area contributed by atoms with Crippen LogP contribution in [-0.2, 0) is 6.18 Å². The summed E-state index contributed by atoms with van der Waals surface area (Å²) in [7, 11) is 0. The molecule has 4 rings (SSSR count). The Morgan fingerprint density at radius 1 is 1.19 bits per heavy atom. The topological polar surface area (TPSA) is 93.8 Å². The molecule has 0 saturated carbocycles. The van der Waals surface area contributed by atoms with Crippen molar-refractivity contribution in [3.63, 3.8) is 0 Å². The van der Waals surface area contributed by atoms with Crippen LogP contribution in [0.25, 0.3) is 22.5 Å². The van der Waals surface area contributed by atoms with E-state index in [9.17, 15) is 18.0 Å². The van der Waals surface area contributed by atoms with Crippen LogP contribution in [0.5, 0.6) is 0 Å². The van der Waals surface area contributed by atoms with Crippen LogP contribution in [0.3, 0.4) is 0 Å². The van der Waals surface area contributed by atoms with E-state index in [-0.39, 0.29) is 23.2 Å². The summed E-state index contributed by atoms with van der Waals surface area (Å²) in [6, 6.07) is 7.14. The van der Waals surface area contributed by atoms with Gasteiger partial charge in [0.25, 0.3) is 5.91 Å². The van der Waals surface area contributed by atoms with Gasteiger partial charge in [-0.2, -0.15) is 24.9 Å². The fourth-order valence-corrected chi connectivity index (χ4v) is 4.39. The number of nitrogens with zero attached hydrogens (tertiary/aromatic N) is 3. The van der Waals surface area contributed by atoms with Gasteiger partial charge in [0.1, 0.15) is 5.69 Å². The molecule has 0 spiro atoms. The third-order valence-corrected chi connectivity index (χ3v) is 6.02.